The minimum atomic E-state index is -0.188. The summed E-state index contributed by atoms with van der Waals surface area (Å²) >= 11 is 0. The van der Waals surface area contributed by atoms with E-state index in [-0.39, 0.29) is 5.69 Å². The second-order valence-corrected chi connectivity index (χ2v) is 6.18. The molecule has 2 heterocycles. The summed E-state index contributed by atoms with van der Waals surface area (Å²) in [6, 6.07) is 27.6. The molecule has 0 fully saturated rings. The number of hydrogen-bond acceptors (Lipinski definition) is 2. The minimum Gasteiger partial charge on any atom is -0.306 e. The van der Waals surface area contributed by atoms with E-state index in [1.54, 1.807) is 4.40 Å². The van der Waals surface area contributed by atoms with Crippen molar-refractivity contribution in [3.05, 3.63) is 95.4 Å². The number of benzene rings is 3. The number of para-hydroxylation sites is 1. The van der Waals surface area contributed by atoms with Crippen molar-refractivity contribution >= 4 is 16.6 Å². The largest absolute Gasteiger partial charge is 0.332 e. The molecule has 0 unspecified atom stereocenters. The van der Waals surface area contributed by atoms with Crippen molar-refractivity contribution in [1.82, 2.24) is 14.4 Å². The Morgan fingerprint density at radius 2 is 1.35 bits per heavy atom. The number of hydrogen-bond donors (Lipinski definition) is 1. The fourth-order valence-electron chi connectivity index (χ4n) is 3.42. The number of nitrogens with one attached hydrogen (secondary N) is 1. The van der Waals surface area contributed by atoms with Gasteiger partial charge in [0.15, 0.2) is 5.65 Å². The third kappa shape index (κ3) is 2.16. The zero-order valence-corrected chi connectivity index (χ0v) is 13.9. The molecule has 1 N–H and O–H groups in total. The van der Waals surface area contributed by atoms with Gasteiger partial charge < -0.3 is 4.98 Å². The first-order valence-corrected chi connectivity index (χ1v) is 8.47. The quantitative estimate of drug-likeness (QED) is 0.515. The summed E-state index contributed by atoms with van der Waals surface area (Å²) in [6.07, 6.45) is 0. The van der Waals surface area contributed by atoms with E-state index in [1.807, 2.05) is 84.9 Å². The Morgan fingerprint density at radius 1 is 0.731 bits per heavy atom. The lowest BCUT2D eigenvalue weighted by Crippen LogP contribution is -2.17. The number of nitrogens with zero attached hydrogens (tertiary/aromatic N) is 2. The highest BCUT2D eigenvalue weighted by molar-refractivity contribution is 5.95. The fourth-order valence-corrected chi connectivity index (χ4v) is 3.42. The molecule has 26 heavy (non-hydrogen) atoms. The maximum absolute atomic E-state index is 12.9. The molecular formula is C22H15N3O. The summed E-state index contributed by atoms with van der Waals surface area (Å²) in [5, 5.41) is 0.923. The van der Waals surface area contributed by atoms with Gasteiger partial charge in [0.1, 0.15) is 0 Å². The van der Waals surface area contributed by atoms with Gasteiger partial charge in [-0.05, 0) is 12.1 Å². The molecule has 0 bridgehead atoms. The van der Waals surface area contributed by atoms with Crippen LogP contribution in [0, 0.1) is 0 Å². The van der Waals surface area contributed by atoms with Crippen LogP contribution in [0.4, 0.5) is 0 Å². The summed E-state index contributed by atoms with van der Waals surface area (Å²) in [4.78, 5) is 20.8. The molecular weight excluding hydrogens is 322 g/mol. The molecule has 0 atom stereocenters. The lowest BCUT2D eigenvalue weighted by Gasteiger charge is -2.06. The zero-order chi connectivity index (χ0) is 17.5. The summed E-state index contributed by atoms with van der Waals surface area (Å²) in [5.74, 6) is 0. The molecule has 0 saturated carbocycles. The number of H-pyrrole nitrogens is 1. The van der Waals surface area contributed by atoms with E-state index in [0.717, 1.165) is 33.4 Å². The predicted molar refractivity (Wildman–Crippen MR) is 104 cm³/mol. The summed E-state index contributed by atoms with van der Waals surface area (Å²) < 4.78 is 1.68. The first-order chi connectivity index (χ1) is 12.8. The zero-order valence-electron chi connectivity index (χ0n) is 13.9. The molecule has 0 saturated heterocycles. The predicted octanol–water partition coefficient (Wildman–Crippen LogP) is 4.51. The van der Waals surface area contributed by atoms with E-state index in [0.29, 0.717) is 5.65 Å². The molecule has 4 nitrogen and oxygen atoms in total. The summed E-state index contributed by atoms with van der Waals surface area (Å²) in [5.41, 5.74) is 4.82. The monoisotopic (exact) mass is 337 g/mol. The lowest BCUT2D eigenvalue weighted by atomic mass is 10.1. The van der Waals surface area contributed by atoms with Crippen molar-refractivity contribution in [2.45, 2.75) is 0 Å². The SMILES string of the molecule is O=c1[nH]c2ccccc2c2nc(-c3ccccc3)c(-c3ccccc3)n12. The Bertz CT molecular complexity index is 1290. The summed E-state index contributed by atoms with van der Waals surface area (Å²) in [7, 11) is 0. The van der Waals surface area contributed by atoms with Crippen molar-refractivity contribution in [2.24, 2.45) is 0 Å². The van der Waals surface area contributed by atoms with Crippen molar-refractivity contribution in [3.63, 3.8) is 0 Å². The van der Waals surface area contributed by atoms with Crippen LogP contribution >= 0.6 is 0 Å². The fraction of sp³-hybridized carbons (Fsp3) is 0. The highest BCUT2D eigenvalue weighted by Gasteiger charge is 2.19. The molecule has 0 aliphatic carbocycles. The van der Waals surface area contributed by atoms with Gasteiger partial charge in [-0.2, -0.15) is 0 Å². The molecule has 2 aromatic heterocycles. The number of aromatic amines is 1. The van der Waals surface area contributed by atoms with Crippen molar-refractivity contribution in [2.75, 3.05) is 0 Å². The Morgan fingerprint density at radius 3 is 2.08 bits per heavy atom. The van der Waals surface area contributed by atoms with Crippen molar-refractivity contribution < 1.29 is 0 Å². The maximum Gasteiger partial charge on any atom is 0.332 e. The van der Waals surface area contributed by atoms with Crippen LogP contribution in [0.25, 0.3) is 39.1 Å². The van der Waals surface area contributed by atoms with Gasteiger partial charge in [0.05, 0.1) is 16.9 Å². The molecule has 0 spiro atoms. The van der Waals surface area contributed by atoms with Gasteiger partial charge >= 0.3 is 5.69 Å². The van der Waals surface area contributed by atoms with Gasteiger partial charge in [0.25, 0.3) is 0 Å². The van der Waals surface area contributed by atoms with Gasteiger partial charge in [-0.1, -0.05) is 72.8 Å². The number of fused-ring (bicyclic) bond motifs is 3. The average Bonchev–Trinajstić information content (AvgIpc) is 3.11. The van der Waals surface area contributed by atoms with Crippen molar-refractivity contribution in [3.8, 4) is 22.5 Å². The number of imidazole rings is 1. The molecule has 0 aliphatic heterocycles. The third-order valence-corrected chi connectivity index (χ3v) is 4.58. The van der Waals surface area contributed by atoms with Gasteiger partial charge in [-0.25, -0.2) is 14.2 Å². The standard InChI is InChI=1S/C22H15N3O/c26-22-23-18-14-8-7-13-17(18)21-24-19(15-9-3-1-4-10-15)20(25(21)22)16-11-5-2-6-12-16/h1-14H,(H,23,26). The molecule has 0 amide bonds. The Balaban J connectivity index is 1.99. The van der Waals surface area contributed by atoms with Crippen LogP contribution in [-0.4, -0.2) is 14.4 Å². The second kappa shape index (κ2) is 5.70. The Labute approximate surface area is 149 Å². The summed E-state index contributed by atoms with van der Waals surface area (Å²) in [6.45, 7) is 0. The van der Waals surface area contributed by atoms with Crippen molar-refractivity contribution in [1.29, 1.82) is 0 Å². The van der Waals surface area contributed by atoms with E-state index in [1.165, 1.54) is 0 Å². The molecule has 5 aromatic rings. The molecule has 124 valence electrons. The van der Waals surface area contributed by atoms with Crippen LogP contribution in [0.2, 0.25) is 0 Å². The topological polar surface area (TPSA) is 50.2 Å². The smallest absolute Gasteiger partial charge is 0.306 e. The number of aromatic nitrogens is 3. The van der Waals surface area contributed by atoms with E-state index in [2.05, 4.69) is 4.98 Å². The first kappa shape index (κ1) is 14.7. The second-order valence-electron chi connectivity index (χ2n) is 6.18. The van der Waals surface area contributed by atoms with E-state index < -0.39 is 0 Å². The van der Waals surface area contributed by atoms with Crippen LogP contribution in [-0.2, 0) is 0 Å². The first-order valence-electron chi connectivity index (χ1n) is 8.47. The van der Waals surface area contributed by atoms with E-state index in [4.69, 9.17) is 4.98 Å². The maximum atomic E-state index is 12.9. The Hall–Kier alpha value is -3.66. The van der Waals surface area contributed by atoms with Gasteiger partial charge in [0, 0.05) is 16.5 Å². The highest BCUT2D eigenvalue weighted by Crippen LogP contribution is 2.33. The molecule has 4 heteroatoms. The molecule has 0 radical (unpaired) electrons. The van der Waals surface area contributed by atoms with Crippen LogP contribution in [0.15, 0.2) is 89.7 Å². The molecule has 3 aromatic carbocycles. The van der Waals surface area contributed by atoms with Crippen LogP contribution in [0.3, 0.4) is 0 Å². The average molecular weight is 337 g/mol. The van der Waals surface area contributed by atoms with E-state index >= 15 is 0 Å². The van der Waals surface area contributed by atoms with Gasteiger partial charge in [-0.15, -0.1) is 0 Å². The normalized spacial score (nSPS) is 11.2. The highest BCUT2D eigenvalue weighted by atomic mass is 16.1. The van der Waals surface area contributed by atoms with Crippen LogP contribution in [0.5, 0.6) is 0 Å². The molecule has 0 aliphatic rings. The number of rotatable bonds is 2. The lowest BCUT2D eigenvalue weighted by molar-refractivity contribution is 1.04. The molecule has 5 rings (SSSR count). The third-order valence-electron chi connectivity index (χ3n) is 4.58. The van der Waals surface area contributed by atoms with E-state index in [9.17, 15) is 4.79 Å². The van der Waals surface area contributed by atoms with Gasteiger partial charge in [-0.3, -0.25) is 0 Å². The van der Waals surface area contributed by atoms with Crippen LogP contribution < -0.4 is 5.69 Å². The minimum absolute atomic E-state index is 0.188. The Kier molecular flexibility index (Phi) is 3.22. The van der Waals surface area contributed by atoms with Crippen LogP contribution in [0.1, 0.15) is 0 Å². The van der Waals surface area contributed by atoms with Gasteiger partial charge in [0.2, 0.25) is 0 Å².